The van der Waals surface area contributed by atoms with E-state index in [1.54, 1.807) is 12.1 Å². The number of rotatable bonds is 7. The van der Waals surface area contributed by atoms with E-state index >= 15 is 0 Å². The average molecular weight is 541 g/mol. The maximum atomic E-state index is 13.9. The largest absolute Gasteiger partial charge is 0.494 e. The number of likely N-dealkylation sites (tertiary alicyclic amines) is 1. The normalized spacial score (nSPS) is 15.3. The van der Waals surface area contributed by atoms with E-state index in [9.17, 15) is 4.39 Å². The molecular formula is C23H33FIN5O. The lowest BCUT2D eigenvalue weighted by Crippen LogP contribution is -2.48. The molecule has 0 bridgehead atoms. The van der Waals surface area contributed by atoms with Gasteiger partial charge in [-0.2, -0.15) is 0 Å². The lowest BCUT2D eigenvalue weighted by molar-refractivity contribution is 0.198. The molecule has 0 aliphatic carbocycles. The Labute approximate surface area is 201 Å². The minimum atomic E-state index is -0.304. The summed E-state index contributed by atoms with van der Waals surface area (Å²) in [6.07, 6.45) is 3.85. The lowest BCUT2D eigenvalue weighted by Gasteiger charge is -2.33. The monoisotopic (exact) mass is 541 g/mol. The Hall–Kier alpha value is -1.94. The molecule has 1 aromatic carbocycles. The smallest absolute Gasteiger partial charge is 0.191 e. The molecule has 1 aliphatic rings. The molecule has 0 atom stereocenters. The van der Waals surface area contributed by atoms with E-state index in [1.807, 2.05) is 18.3 Å². The van der Waals surface area contributed by atoms with Gasteiger partial charge in [-0.3, -0.25) is 9.88 Å². The SMILES string of the molecule is CCNC(=NCc1ncccc1C)NC1CCN(Cc2ccc(OC)c(F)c2)CC1.I. The predicted molar refractivity (Wildman–Crippen MR) is 134 cm³/mol. The Morgan fingerprint density at radius 2 is 2.06 bits per heavy atom. The maximum Gasteiger partial charge on any atom is 0.191 e. The standard InChI is InChI=1S/C23H32FN5O.HI/c1-4-25-23(27-15-21-17(2)6-5-11-26-21)28-19-9-12-29(13-10-19)16-18-7-8-22(30-3)20(24)14-18;/h5-8,11,14,19H,4,9-10,12-13,15-16H2,1-3H3,(H2,25,27,28);1H. The zero-order valence-electron chi connectivity index (χ0n) is 18.5. The maximum absolute atomic E-state index is 13.9. The van der Waals surface area contributed by atoms with Crippen LogP contribution in [0.1, 0.15) is 36.6 Å². The minimum Gasteiger partial charge on any atom is -0.494 e. The molecular weight excluding hydrogens is 508 g/mol. The summed E-state index contributed by atoms with van der Waals surface area (Å²) in [5.41, 5.74) is 3.12. The Morgan fingerprint density at radius 3 is 2.71 bits per heavy atom. The number of halogens is 2. The second-order valence-corrected chi connectivity index (χ2v) is 7.63. The molecule has 0 amide bonds. The second-order valence-electron chi connectivity index (χ2n) is 7.63. The number of nitrogens with one attached hydrogen (secondary N) is 2. The number of hydrogen-bond acceptors (Lipinski definition) is 4. The number of ether oxygens (including phenoxy) is 1. The number of piperidine rings is 1. The van der Waals surface area contributed by atoms with Crippen LogP contribution in [0.2, 0.25) is 0 Å². The van der Waals surface area contributed by atoms with Crippen molar-refractivity contribution in [3.8, 4) is 5.75 Å². The van der Waals surface area contributed by atoms with Crippen molar-refractivity contribution in [2.75, 3.05) is 26.7 Å². The van der Waals surface area contributed by atoms with Gasteiger partial charge in [-0.15, -0.1) is 24.0 Å². The Kier molecular flexibility index (Phi) is 10.5. The molecule has 2 heterocycles. The number of hydrogen-bond donors (Lipinski definition) is 2. The number of aryl methyl sites for hydroxylation is 1. The van der Waals surface area contributed by atoms with Crippen LogP contribution in [0.5, 0.6) is 5.75 Å². The second kappa shape index (κ2) is 12.8. The van der Waals surface area contributed by atoms with Gasteiger partial charge in [0.1, 0.15) is 0 Å². The van der Waals surface area contributed by atoms with Crippen molar-refractivity contribution in [2.45, 2.75) is 45.8 Å². The molecule has 3 rings (SSSR count). The van der Waals surface area contributed by atoms with Crippen LogP contribution in [0.25, 0.3) is 0 Å². The van der Waals surface area contributed by atoms with Crippen LogP contribution in [0.15, 0.2) is 41.5 Å². The van der Waals surface area contributed by atoms with Gasteiger partial charge in [0.15, 0.2) is 17.5 Å². The third-order valence-corrected chi connectivity index (χ3v) is 5.40. The van der Waals surface area contributed by atoms with Crippen molar-refractivity contribution in [1.82, 2.24) is 20.5 Å². The fourth-order valence-electron chi connectivity index (χ4n) is 3.65. The number of nitrogens with zero attached hydrogens (tertiary/aromatic N) is 3. The van der Waals surface area contributed by atoms with E-state index in [0.717, 1.165) is 61.8 Å². The Bertz CT molecular complexity index is 856. The van der Waals surface area contributed by atoms with Crippen LogP contribution in [-0.4, -0.2) is 48.6 Å². The molecule has 1 aliphatic heterocycles. The zero-order chi connectivity index (χ0) is 21.3. The van der Waals surface area contributed by atoms with Gasteiger partial charge in [0.25, 0.3) is 0 Å². The van der Waals surface area contributed by atoms with Crippen LogP contribution < -0.4 is 15.4 Å². The molecule has 2 aromatic rings. The summed E-state index contributed by atoms with van der Waals surface area (Å²) >= 11 is 0. The Balaban J connectivity index is 0.00000341. The van der Waals surface area contributed by atoms with E-state index in [4.69, 9.17) is 9.73 Å². The first-order valence-corrected chi connectivity index (χ1v) is 10.6. The van der Waals surface area contributed by atoms with Gasteiger partial charge in [0.05, 0.1) is 19.3 Å². The highest BCUT2D eigenvalue weighted by Gasteiger charge is 2.20. The van der Waals surface area contributed by atoms with Crippen molar-refractivity contribution >= 4 is 29.9 Å². The molecule has 170 valence electrons. The van der Waals surface area contributed by atoms with Gasteiger partial charge >= 0.3 is 0 Å². The summed E-state index contributed by atoms with van der Waals surface area (Å²) in [4.78, 5) is 11.5. The molecule has 0 unspecified atom stereocenters. The van der Waals surface area contributed by atoms with Crippen LogP contribution in [0.4, 0.5) is 4.39 Å². The number of benzene rings is 1. The minimum absolute atomic E-state index is 0. The lowest BCUT2D eigenvalue weighted by atomic mass is 10.0. The predicted octanol–water partition coefficient (Wildman–Crippen LogP) is 3.88. The number of aromatic nitrogens is 1. The number of guanidine groups is 1. The highest BCUT2D eigenvalue weighted by atomic mass is 127. The first kappa shape index (κ1) is 25.3. The van der Waals surface area contributed by atoms with E-state index in [2.05, 4.69) is 40.4 Å². The molecule has 0 saturated carbocycles. The molecule has 6 nitrogen and oxygen atoms in total. The van der Waals surface area contributed by atoms with Crippen LogP contribution in [0.3, 0.4) is 0 Å². The molecule has 8 heteroatoms. The zero-order valence-corrected chi connectivity index (χ0v) is 20.9. The van der Waals surface area contributed by atoms with Crippen LogP contribution in [-0.2, 0) is 13.1 Å². The van der Waals surface area contributed by atoms with E-state index in [-0.39, 0.29) is 35.5 Å². The summed E-state index contributed by atoms with van der Waals surface area (Å²) in [5.74, 6) is 0.817. The molecule has 31 heavy (non-hydrogen) atoms. The van der Waals surface area contributed by atoms with Gasteiger partial charge in [0, 0.05) is 38.4 Å². The van der Waals surface area contributed by atoms with Crippen molar-refractivity contribution in [1.29, 1.82) is 0 Å². The number of aliphatic imine (C=N–C) groups is 1. The number of pyridine rings is 1. The van der Waals surface area contributed by atoms with Gasteiger partial charge in [-0.05, 0) is 56.0 Å². The Morgan fingerprint density at radius 1 is 1.29 bits per heavy atom. The molecule has 0 radical (unpaired) electrons. The summed E-state index contributed by atoms with van der Waals surface area (Å²) < 4.78 is 18.9. The molecule has 2 N–H and O–H groups in total. The molecule has 0 spiro atoms. The molecule has 1 saturated heterocycles. The van der Waals surface area contributed by atoms with Crippen molar-refractivity contribution < 1.29 is 9.13 Å². The van der Waals surface area contributed by atoms with E-state index < -0.39 is 0 Å². The van der Waals surface area contributed by atoms with Gasteiger partial charge in [-0.25, -0.2) is 9.38 Å². The third-order valence-electron chi connectivity index (χ3n) is 5.40. The average Bonchev–Trinajstić information content (AvgIpc) is 2.75. The summed E-state index contributed by atoms with van der Waals surface area (Å²) in [7, 11) is 1.48. The highest BCUT2D eigenvalue weighted by molar-refractivity contribution is 14.0. The van der Waals surface area contributed by atoms with Gasteiger partial charge in [0.2, 0.25) is 0 Å². The summed E-state index contributed by atoms with van der Waals surface area (Å²) in [6.45, 7) is 8.18. The third kappa shape index (κ3) is 7.60. The van der Waals surface area contributed by atoms with E-state index in [0.29, 0.717) is 12.6 Å². The first-order chi connectivity index (χ1) is 14.6. The quantitative estimate of drug-likeness (QED) is 0.317. The van der Waals surface area contributed by atoms with Gasteiger partial charge < -0.3 is 15.4 Å². The fourth-order valence-corrected chi connectivity index (χ4v) is 3.65. The highest BCUT2D eigenvalue weighted by Crippen LogP contribution is 2.20. The van der Waals surface area contributed by atoms with Gasteiger partial charge in [-0.1, -0.05) is 12.1 Å². The summed E-state index contributed by atoms with van der Waals surface area (Å²) in [5, 5.41) is 6.89. The molecule has 1 fully saturated rings. The van der Waals surface area contributed by atoms with Crippen LogP contribution in [0, 0.1) is 12.7 Å². The van der Waals surface area contributed by atoms with Crippen LogP contribution >= 0.6 is 24.0 Å². The van der Waals surface area contributed by atoms with E-state index in [1.165, 1.54) is 7.11 Å². The first-order valence-electron chi connectivity index (χ1n) is 10.6. The van der Waals surface area contributed by atoms with Crippen molar-refractivity contribution in [3.63, 3.8) is 0 Å². The topological polar surface area (TPSA) is 61.8 Å². The summed E-state index contributed by atoms with van der Waals surface area (Å²) in [6, 6.07) is 9.57. The fraction of sp³-hybridized carbons (Fsp3) is 0.478. The van der Waals surface area contributed by atoms with Crippen molar-refractivity contribution in [3.05, 3.63) is 59.2 Å². The molecule has 1 aromatic heterocycles. The number of methoxy groups -OCH3 is 1. The van der Waals surface area contributed by atoms with Crippen molar-refractivity contribution in [2.24, 2.45) is 4.99 Å².